The largest absolute Gasteiger partial charge is 0.458 e. The number of hydrogen-bond acceptors (Lipinski definition) is 4. The molecular weight excluding hydrogens is 368 g/mol. The molecule has 0 aromatic heterocycles. The lowest BCUT2D eigenvalue weighted by Gasteiger charge is -2.48. The fourth-order valence-electron chi connectivity index (χ4n) is 4.21. The smallest absolute Gasteiger partial charge is 0.354 e. The number of carbonyl (C=O) groups is 3. The minimum atomic E-state index is -1.41. The lowest BCUT2D eigenvalue weighted by Crippen LogP contribution is -2.68. The number of fused-ring (bicyclic) bond motifs is 3. The fraction of sp³-hybridized carbons (Fsp3) is 0.348. The first-order valence-electron chi connectivity index (χ1n) is 10.0. The summed E-state index contributed by atoms with van der Waals surface area (Å²) >= 11 is 0. The molecule has 2 aliphatic heterocycles. The summed E-state index contributed by atoms with van der Waals surface area (Å²) in [6, 6.07) is 16.4. The fourth-order valence-corrected chi connectivity index (χ4v) is 4.21. The average Bonchev–Trinajstić information content (AvgIpc) is 3.11. The van der Waals surface area contributed by atoms with E-state index in [0.29, 0.717) is 17.8 Å². The Morgan fingerprint density at radius 2 is 1.79 bits per heavy atom. The van der Waals surface area contributed by atoms with E-state index in [1.54, 1.807) is 29.2 Å². The summed E-state index contributed by atoms with van der Waals surface area (Å²) in [6.45, 7) is 2.52. The lowest BCUT2D eigenvalue weighted by atomic mass is 9.96. The van der Waals surface area contributed by atoms with Crippen LogP contribution in [-0.4, -0.2) is 34.9 Å². The van der Waals surface area contributed by atoms with Crippen LogP contribution >= 0.6 is 0 Å². The second-order valence-electron chi connectivity index (χ2n) is 7.43. The Hall–Kier alpha value is -3.15. The van der Waals surface area contributed by atoms with E-state index in [1.807, 2.05) is 37.3 Å². The van der Waals surface area contributed by atoms with Crippen LogP contribution in [0.25, 0.3) is 0 Å². The summed E-state index contributed by atoms with van der Waals surface area (Å²) in [5.74, 6) is -0.939. The van der Waals surface area contributed by atoms with E-state index in [4.69, 9.17) is 4.74 Å². The zero-order valence-electron chi connectivity index (χ0n) is 16.5. The monoisotopic (exact) mass is 392 g/mol. The molecule has 29 heavy (non-hydrogen) atoms. The van der Waals surface area contributed by atoms with E-state index < -0.39 is 11.6 Å². The van der Waals surface area contributed by atoms with Crippen LogP contribution in [0.1, 0.15) is 48.5 Å². The third-order valence-electron chi connectivity index (χ3n) is 5.65. The summed E-state index contributed by atoms with van der Waals surface area (Å²) in [7, 11) is 0. The molecule has 0 N–H and O–H groups in total. The summed E-state index contributed by atoms with van der Waals surface area (Å²) in [6.07, 6.45) is 2.05. The SMILES string of the molecule is CCCCN1C(=O)c2ccccc2N2C(=O)CC[C@]12C(=O)OCc1ccccc1. The number of hydrogen-bond donors (Lipinski definition) is 0. The maximum atomic E-state index is 13.4. The van der Waals surface area contributed by atoms with Gasteiger partial charge >= 0.3 is 5.97 Å². The Labute approximate surface area is 170 Å². The molecule has 150 valence electrons. The van der Waals surface area contributed by atoms with E-state index in [9.17, 15) is 14.4 Å². The molecule has 4 rings (SSSR count). The maximum Gasteiger partial charge on any atom is 0.354 e. The molecule has 2 amide bonds. The zero-order valence-corrected chi connectivity index (χ0v) is 16.5. The molecule has 0 bridgehead atoms. The number of anilines is 1. The van der Waals surface area contributed by atoms with Gasteiger partial charge in [0.05, 0.1) is 11.3 Å². The molecule has 2 aromatic rings. The first-order chi connectivity index (χ1) is 14.1. The molecule has 1 fully saturated rings. The van der Waals surface area contributed by atoms with Crippen LogP contribution in [0.5, 0.6) is 0 Å². The molecule has 2 aliphatic rings. The molecule has 0 aliphatic carbocycles. The Bertz CT molecular complexity index is 943. The predicted octanol–water partition coefficient (Wildman–Crippen LogP) is 3.51. The highest BCUT2D eigenvalue weighted by Gasteiger charge is 2.61. The highest BCUT2D eigenvalue weighted by Crippen LogP contribution is 2.45. The molecular formula is C23H24N2O4. The molecule has 2 aromatic carbocycles. The molecule has 1 saturated heterocycles. The van der Waals surface area contributed by atoms with Crippen molar-refractivity contribution in [2.75, 3.05) is 11.4 Å². The van der Waals surface area contributed by atoms with Gasteiger partial charge in [0.25, 0.3) is 5.91 Å². The molecule has 0 saturated carbocycles. The van der Waals surface area contributed by atoms with Crippen molar-refractivity contribution in [2.24, 2.45) is 0 Å². The van der Waals surface area contributed by atoms with Gasteiger partial charge in [0.15, 0.2) is 0 Å². The van der Waals surface area contributed by atoms with Crippen molar-refractivity contribution >= 4 is 23.5 Å². The van der Waals surface area contributed by atoms with Crippen LogP contribution in [0.3, 0.4) is 0 Å². The third kappa shape index (κ3) is 3.09. The molecule has 6 heteroatoms. The van der Waals surface area contributed by atoms with Gasteiger partial charge in [-0.05, 0) is 24.1 Å². The van der Waals surface area contributed by atoms with E-state index in [1.165, 1.54) is 4.90 Å². The second-order valence-corrected chi connectivity index (χ2v) is 7.43. The van der Waals surface area contributed by atoms with Crippen molar-refractivity contribution in [2.45, 2.75) is 44.9 Å². The van der Waals surface area contributed by atoms with E-state index >= 15 is 0 Å². The zero-order chi connectivity index (χ0) is 20.4. The van der Waals surface area contributed by atoms with Crippen LogP contribution in [0.2, 0.25) is 0 Å². The minimum absolute atomic E-state index is 0.0981. The van der Waals surface area contributed by atoms with Gasteiger partial charge in [-0.2, -0.15) is 0 Å². The Morgan fingerprint density at radius 1 is 1.07 bits per heavy atom. The number of carbonyl (C=O) groups excluding carboxylic acids is 3. The number of esters is 1. The van der Waals surface area contributed by atoms with Gasteiger partial charge in [0.1, 0.15) is 6.61 Å². The van der Waals surface area contributed by atoms with Gasteiger partial charge < -0.3 is 9.64 Å². The van der Waals surface area contributed by atoms with Gasteiger partial charge in [-0.25, -0.2) is 4.79 Å². The highest BCUT2D eigenvalue weighted by molar-refractivity contribution is 6.15. The highest BCUT2D eigenvalue weighted by atomic mass is 16.5. The van der Waals surface area contributed by atoms with Crippen molar-refractivity contribution < 1.29 is 19.1 Å². The molecule has 0 radical (unpaired) electrons. The Kier molecular flexibility index (Phi) is 5.09. The number of benzene rings is 2. The number of rotatable bonds is 6. The normalized spacial score (nSPS) is 20.4. The summed E-state index contributed by atoms with van der Waals surface area (Å²) in [5, 5.41) is 0. The molecule has 1 atom stereocenters. The number of unbranched alkanes of at least 4 members (excludes halogenated alkanes) is 1. The van der Waals surface area contributed by atoms with Crippen molar-refractivity contribution in [1.82, 2.24) is 4.90 Å². The van der Waals surface area contributed by atoms with E-state index in [2.05, 4.69) is 0 Å². The molecule has 6 nitrogen and oxygen atoms in total. The van der Waals surface area contributed by atoms with Gasteiger partial charge in [-0.3, -0.25) is 14.5 Å². The lowest BCUT2D eigenvalue weighted by molar-refractivity contribution is -0.158. The van der Waals surface area contributed by atoms with Crippen LogP contribution in [0.4, 0.5) is 5.69 Å². The Morgan fingerprint density at radius 3 is 2.55 bits per heavy atom. The second kappa shape index (κ2) is 7.70. The summed E-state index contributed by atoms with van der Waals surface area (Å²) < 4.78 is 5.67. The molecule has 2 heterocycles. The van der Waals surface area contributed by atoms with Crippen molar-refractivity contribution in [1.29, 1.82) is 0 Å². The Balaban J connectivity index is 1.75. The van der Waals surface area contributed by atoms with Crippen LogP contribution < -0.4 is 4.90 Å². The van der Waals surface area contributed by atoms with Gasteiger partial charge in [-0.15, -0.1) is 0 Å². The summed E-state index contributed by atoms with van der Waals surface area (Å²) in [4.78, 5) is 42.7. The molecule has 0 spiro atoms. The maximum absolute atomic E-state index is 13.4. The van der Waals surface area contributed by atoms with Crippen molar-refractivity contribution in [3.63, 3.8) is 0 Å². The number of nitrogens with zero attached hydrogens (tertiary/aromatic N) is 2. The minimum Gasteiger partial charge on any atom is -0.458 e. The van der Waals surface area contributed by atoms with Crippen LogP contribution in [0, 0.1) is 0 Å². The van der Waals surface area contributed by atoms with Crippen LogP contribution in [-0.2, 0) is 20.9 Å². The van der Waals surface area contributed by atoms with Crippen molar-refractivity contribution in [3.05, 3.63) is 65.7 Å². The third-order valence-corrected chi connectivity index (χ3v) is 5.65. The average molecular weight is 392 g/mol. The van der Waals surface area contributed by atoms with Gasteiger partial charge in [0.2, 0.25) is 11.6 Å². The topological polar surface area (TPSA) is 66.9 Å². The first-order valence-corrected chi connectivity index (χ1v) is 10.0. The number of ether oxygens (including phenoxy) is 1. The molecule has 0 unspecified atom stereocenters. The standard InChI is InChI=1S/C23H24N2O4/c1-2-3-15-24-21(27)18-11-7-8-12-19(18)25-20(26)13-14-23(24,25)22(28)29-16-17-9-5-4-6-10-17/h4-12H,2-3,13-16H2,1H3/t23-/m0/s1. The van der Waals surface area contributed by atoms with Gasteiger partial charge in [0, 0.05) is 19.4 Å². The first kappa shape index (κ1) is 19.2. The van der Waals surface area contributed by atoms with E-state index in [-0.39, 0.29) is 31.3 Å². The quantitative estimate of drug-likeness (QED) is 0.706. The summed E-state index contributed by atoms with van der Waals surface area (Å²) in [5.41, 5.74) is 0.387. The number of para-hydroxylation sites is 1. The van der Waals surface area contributed by atoms with Crippen molar-refractivity contribution in [3.8, 4) is 0 Å². The predicted molar refractivity (Wildman–Crippen MR) is 108 cm³/mol. The van der Waals surface area contributed by atoms with Crippen LogP contribution in [0.15, 0.2) is 54.6 Å². The van der Waals surface area contributed by atoms with E-state index in [0.717, 1.165) is 18.4 Å². The number of amides is 2. The van der Waals surface area contributed by atoms with Gasteiger partial charge in [-0.1, -0.05) is 55.8 Å².